The summed E-state index contributed by atoms with van der Waals surface area (Å²) >= 11 is 11.9. The first-order chi connectivity index (χ1) is 10.2. The largest absolute Gasteiger partial charge is 0.340 e. The molecule has 3 nitrogen and oxygen atoms in total. The minimum Gasteiger partial charge on any atom is -0.340 e. The van der Waals surface area contributed by atoms with Crippen molar-refractivity contribution in [2.45, 2.75) is 0 Å². The van der Waals surface area contributed by atoms with E-state index in [1.807, 2.05) is 60.7 Å². The highest BCUT2D eigenvalue weighted by Gasteiger charge is 2.05. The molecule has 0 aliphatic carbocycles. The van der Waals surface area contributed by atoms with Gasteiger partial charge >= 0.3 is 0 Å². The van der Waals surface area contributed by atoms with Crippen LogP contribution in [0.3, 0.4) is 0 Å². The van der Waals surface area contributed by atoms with Gasteiger partial charge in [0.2, 0.25) is 5.28 Å². The molecule has 0 fully saturated rings. The van der Waals surface area contributed by atoms with Crippen molar-refractivity contribution in [1.82, 2.24) is 9.97 Å². The van der Waals surface area contributed by atoms with E-state index in [1.165, 1.54) is 0 Å². The molecular formula is C16H11Cl2N3. The van der Waals surface area contributed by atoms with E-state index in [2.05, 4.69) is 15.3 Å². The van der Waals surface area contributed by atoms with Crippen molar-refractivity contribution in [3.63, 3.8) is 0 Å². The summed E-state index contributed by atoms with van der Waals surface area (Å²) in [5, 5.41) is 4.08. The first kappa shape index (κ1) is 13.9. The average Bonchev–Trinajstić information content (AvgIpc) is 2.50. The van der Waals surface area contributed by atoms with E-state index in [4.69, 9.17) is 23.2 Å². The van der Waals surface area contributed by atoms with Crippen LogP contribution in [0.25, 0.3) is 11.3 Å². The summed E-state index contributed by atoms with van der Waals surface area (Å²) in [6.45, 7) is 0. The molecule has 0 amide bonds. The first-order valence-electron chi connectivity index (χ1n) is 6.33. The quantitative estimate of drug-likeness (QED) is 0.675. The molecule has 2 aromatic carbocycles. The smallest absolute Gasteiger partial charge is 0.224 e. The Morgan fingerprint density at radius 1 is 0.810 bits per heavy atom. The normalized spacial score (nSPS) is 10.4. The highest BCUT2D eigenvalue weighted by Crippen LogP contribution is 2.24. The average molecular weight is 316 g/mol. The molecule has 1 N–H and O–H groups in total. The van der Waals surface area contributed by atoms with Crippen molar-refractivity contribution in [1.29, 1.82) is 0 Å². The number of hydrogen-bond donors (Lipinski definition) is 1. The fraction of sp³-hybridized carbons (Fsp3) is 0. The molecular weight excluding hydrogens is 305 g/mol. The Bertz CT molecular complexity index is 743. The van der Waals surface area contributed by atoms with E-state index in [0.29, 0.717) is 10.8 Å². The Labute approximate surface area is 132 Å². The molecule has 0 saturated heterocycles. The second-order valence-electron chi connectivity index (χ2n) is 4.41. The number of rotatable bonds is 3. The van der Waals surface area contributed by atoms with Gasteiger partial charge in [0.25, 0.3) is 0 Å². The third kappa shape index (κ3) is 3.51. The van der Waals surface area contributed by atoms with E-state index in [-0.39, 0.29) is 5.28 Å². The lowest BCUT2D eigenvalue weighted by atomic mass is 10.1. The van der Waals surface area contributed by atoms with Crippen molar-refractivity contribution < 1.29 is 0 Å². The summed E-state index contributed by atoms with van der Waals surface area (Å²) in [6.07, 6.45) is 0. The number of halogens is 2. The maximum atomic E-state index is 6.01. The van der Waals surface area contributed by atoms with Gasteiger partial charge in [-0.25, -0.2) is 9.97 Å². The fourth-order valence-corrected chi connectivity index (χ4v) is 2.23. The van der Waals surface area contributed by atoms with Gasteiger partial charge in [-0.15, -0.1) is 0 Å². The van der Waals surface area contributed by atoms with Crippen LogP contribution in [-0.4, -0.2) is 9.97 Å². The molecule has 3 aromatic rings. The summed E-state index contributed by atoms with van der Waals surface area (Å²) in [5.41, 5.74) is 2.64. The van der Waals surface area contributed by atoms with Crippen LogP contribution in [-0.2, 0) is 0 Å². The number of nitrogens with zero attached hydrogens (tertiary/aromatic N) is 2. The van der Waals surface area contributed by atoms with Gasteiger partial charge < -0.3 is 5.32 Å². The third-order valence-corrected chi connectivity index (χ3v) is 3.31. The number of anilines is 2. The number of nitrogens with one attached hydrogen (secondary N) is 1. The molecule has 21 heavy (non-hydrogen) atoms. The molecule has 1 heterocycles. The van der Waals surface area contributed by atoms with Gasteiger partial charge in [0, 0.05) is 22.3 Å². The lowest BCUT2D eigenvalue weighted by molar-refractivity contribution is 1.17. The highest BCUT2D eigenvalue weighted by molar-refractivity contribution is 6.30. The summed E-state index contributed by atoms with van der Waals surface area (Å²) in [4.78, 5) is 8.44. The number of hydrogen-bond acceptors (Lipinski definition) is 3. The van der Waals surface area contributed by atoms with Gasteiger partial charge in [-0.1, -0.05) is 41.9 Å². The molecule has 0 unspecified atom stereocenters. The zero-order valence-corrected chi connectivity index (χ0v) is 12.4. The third-order valence-electron chi connectivity index (χ3n) is 2.89. The molecule has 104 valence electrons. The molecule has 0 saturated carbocycles. The van der Waals surface area contributed by atoms with Crippen molar-refractivity contribution in [3.8, 4) is 11.3 Å². The zero-order chi connectivity index (χ0) is 14.7. The monoisotopic (exact) mass is 315 g/mol. The van der Waals surface area contributed by atoms with Gasteiger partial charge in [0.05, 0.1) is 5.69 Å². The Morgan fingerprint density at radius 3 is 2.24 bits per heavy atom. The van der Waals surface area contributed by atoms with E-state index in [1.54, 1.807) is 0 Å². The van der Waals surface area contributed by atoms with E-state index >= 15 is 0 Å². The van der Waals surface area contributed by atoms with E-state index in [9.17, 15) is 0 Å². The maximum Gasteiger partial charge on any atom is 0.224 e. The Morgan fingerprint density at radius 2 is 1.52 bits per heavy atom. The summed E-state index contributed by atoms with van der Waals surface area (Å²) in [5.74, 6) is 0.635. The van der Waals surface area contributed by atoms with Crippen LogP contribution in [0.1, 0.15) is 0 Å². The van der Waals surface area contributed by atoms with Crippen molar-refractivity contribution >= 4 is 34.7 Å². The Balaban J connectivity index is 1.93. The maximum absolute atomic E-state index is 6.01. The molecule has 0 bridgehead atoms. The first-order valence-corrected chi connectivity index (χ1v) is 7.09. The molecule has 3 rings (SSSR count). The minimum atomic E-state index is 0.202. The number of benzene rings is 2. The van der Waals surface area contributed by atoms with Crippen LogP contribution in [0.4, 0.5) is 11.5 Å². The van der Waals surface area contributed by atoms with Crippen molar-refractivity contribution in [2.24, 2.45) is 0 Å². The molecule has 5 heteroatoms. The summed E-state index contributed by atoms with van der Waals surface area (Å²) in [7, 11) is 0. The predicted octanol–water partition coefficient (Wildman–Crippen LogP) is 5.19. The van der Waals surface area contributed by atoms with Gasteiger partial charge in [0.15, 0.2) is 0 Å². The molecule has 0 radical (unpaired) electrons. The summed E-state index contributed by atoms with van der Waals surface area (Å²) < 4.78 is 0. The Kier molecular flexibility index (Phi) is 4.04. The number of aromatic nitrogens is 2. The standard InChI is InChI=1S/C16H11Cl2N3/c17-12-6-8-13(9-7-12)19-15-10-14(20-16(18)21-15)11-4-2-1-3-5-11/h1-10H,(H,19,20,21). The highest BCUT2D eigenvalue weighted by atomic mass is 35.5. The fourth-order valence-electron chi connectivity index (χ4n) is 1.92. The SMILES string of the molecule is Clc1ccc(Nc2cc(-c3ccccc3)nc(Cl)n2)cc1. The van der Waals surface area contributed by atoms with Crippen LogP contribution in [0.2, 0.25) is 10.3 Å². The molecule has 0 atom stereocenters. The zero-order valence-electron chi connectivity index (χ0n) is 10.9. The summed E-state index contributed by atoms with van der Waals surface area (Å²) in [6, 6.07) is 19.1. The van der Waals surface area contributed by atoms with Crippen LogP contribution in [0, 0.1) is 0 Å². The second kappa shape index (κ2) is 6.12. The molecule has 0 aliphatic rings. The van der Waals surface area contributed by atoms with Crippen LogP contribution < -0.4 is 5.32 Å². The van der Waals surface area contributed by atoms with Crippen molar-refractivity contribution in [2.75, 3.05) is 5.32 Å². The molecule has 0 aliphatic heterocycles. The Hall–Kier alpha value is -2.10. The van der Waals surface area contributed by atoms with Crippen LogP contribution in [0.15, 0.2) is 60.7 Å². The predicted molar refractivity (Wildman–Crippen MR) is 87.2 cm³/mol. The van der Waals surface area contributed by atoms with Gasteiger partial charge in [0.1, 0.15) is 5.82 Å². The topological polar surface area (TPSA) is 37.8 Å². The van der Waals surface area contributed by atoms with E-state index < -0.39 is 0 Å². The van der Waals surface area contributed by atoms with E-state index in [0.717, 1.165) is 16.9 Å². The lowest BCUT2D eigenvalue weighted by Crippen LogP contribution is -1.96. The molecule has 0 spiro atoms. The van der Waals surface area contributed by atoms with Gasteiger partial charge in [-0.2, -0.15) is 0 Å². The van der Waals surface area contributed by atoms with Crippen LogP contribution in [0.5, 0.6) is 0 Å². The second-order valence-corrected chi connectivity index (χ2v) is 5.18. The van der Waals surface area contributed by atoms with Gasteiger partial charge in [-0.05, 0) is 35.9 Å². The van der Waals surface area contributed by atoms with Crippen molar-refractivity contribution in [3.05, 3.63) is 71.0 Å². The lowest BCUT2D eigenvalue weighted by Gasteiger charge is -2.08. The minimum absolute atomic E-state index is 0.202. The van der Waals surface area contributed by atoms with Gasteiger partial charge in [-0.3, -0.25) is 0 Å². The molecule has 1 aromatic heterocycles. The van der Waals surface area contributed by atoms with Crippen LogP contribution >= 0.6 is 23.2 Å².